The van der Waals surface area contributed by atoms with Gasteiger partial charge in [-0.2, -0.15) is 4.31 Å². The molecule has 3 rings (SSSR count). The van der Waals surface area contributed by atoms with Crippen molar-refractivity contribution < 1.29 is 31.1 Å². The van der Waals surface area contributed by atoms with E-state index in [2.05, 4.69) is 15.0 Å². The summed E-state index contributed by atoms with van der Waals surface area (Å²) in [5, 5.41) is 2.55. The molecule has 1 saturated heterocycles. The molecule has 0 saturated carbocycles. The van der Waals surface area contributed by atoms with Crippen LogP contribution in [0.4, 0.5) is 18.9 Å². The van der Waals surface area contributed by atoms with Gasteiger partial charge in [0.1, 0.15) is 16.3 Å². The van der Waals surface area contributed by atoms with Gasteiger partial charge in [0.25, 0.3) is 5.91 Å². The van der Waals surface area contributed by atoms with Crippen molar-refractivity contribution in [2.24, 2.45) is 0 Å². The predicted octanol–water partition coefficient (Wildman–Crippen LogP) is 3.96. The van der Waals surface area contributed by atoms with Gasteiger partial charge in [-0.3, -0.25) is 4.79 Å². The number of anilines is 1. The number of carbonyl (C=O) groups excluding carboxylic acids is 1. The number of aryl methyl sites for hydroxylation is 1. The lowest BCUT2D eigenvalue weighted by molar-refractivity contribution is -0.274. The molecule has 7 nitrogen and oxygen atoms in total. The summed E-state index contributed by atoms with van der Waals surface area (Å²) in [6.07, 6.45) is -2.23. The maximum Gasteiger partial charge on any atom is 0.573 e. The minimum atomic E-state index is -4.81. The lowest BCUT2D eigenvalue weighted by Gasteiger charge is -2.26. The Morgan fingerprint density at radius 2 is 1.70 bits per heavy atom. The van der Waals surface area contributed by atoms with Crippen LogP contribution in [-0.2, 0) is 10.0 Å². The number of H-pyrrole nitrogens is 1. The normalized spacial score (nSPS) is 15.8. The van der Waals surface area contributed by atoms with Gasteiger partial charge in [0.2, 0.25) is 10.0 Å². The minimum Gasteiger partial charge on any atom is -0.406 e. The summed E-state index contributed by atoms with van der Waals surface area (Å²) in [7, 11) is -3.73. The summed E-state index contributed by atoms with van der Waals surface area (Å²) in [5.41, 5.74) is 0.977. The highest BCUT2D eigenvalue weighted by atomic mass is 32.2. The van der Waals surface area contributed by atoms with E-state index in [1.54, 1.807) is 13.8 Å². The number of sulfonamides is 1. The van der Waals surface area contributed by atoms with E-state index in [0.717, 1.165) is 31.4 Å². The number of ether oxygens (including phenoxy) is 1. The number of hydrogen-bond acceptors (Lipinski definition) is 4. The largest absolute Gasteiger partial charge is 0.573 e. The Kier molecular flexibility index (Phi) is 6.14. The topological polar surface area (TPSA) is 91.5 Å². The van der Waals surface area contributed by atoms with E-state index in [1.807, 2.05) is 0 Å². The molecule has 30 heavy (non-hydrogen) atoms. The average Bonchev–Trinajstić information content (AvgIpc) is 2.98. The Labute approximate surface area is 172 Å². The first-order chi connectivity index (χ1) is 14.0. The molecule has 1 amide bonds. The third-order valence-electron chi connectivity index (χ3n) is 4.85. The van der Waals surface area contributed by atoms with Gasteiger partial charge < -0.3 is 15.0 Å². The molecular weight excluding hydrogens is 423 g/mol. The fraction of sp³-hybridized carbons (Fsp3) is 0.421. The zero-order valence-corrected chi connectivity index (χ0v) is 17.3. The first-order valence-corrected chi connectivity index (χ1v) is 10.8. The highest BCUT2D eigenvalue weighted by Crippen LogP contribution is 2.29. The van der Waals surface area contributed by atoms with Crippen molar-refractivity contribution >= 4 is 21.6 Å². The van der Waals surface area contributed by atoms with Crippen LogP contribution in [0.5, 0.6) is 5.75 Å². The number of halogens is 3. The number of aromatic amines is 1. The van der Waals surface area contributed by atoms with Gasteiger partial charge in [0.05, 0.1) is 0 Å². The Hall–Kier alpha value is -2.53. The minimum absolute atomic E-state index is 0.0821. The van der Waals surface area contributed by atoms with Gasteiger partial charge in [0, 0.05) is 24.5 Å². The molecule has 1 aliphatic rings. The average molecular weight is 445 g/mol. The zero-order valence-electron chi connectivity index (χ0n) is 16.5. The molecule has 11 heteroatoms. The number of benzene rings is 1. The van der Waals surface area contributed by atoms with E-state index in [9.17, 15) is 26.4 Å². The fourth-order valence-electron chi connectivity index (χ4n) is 3.51. The number of nitrogens with zero attached hydrogens (tertiary/aromatic N) is 1. The smallest absolute Gasteiger partial charge is 0.406 e. The van der Waals surface area contributed by atoms with Crippen LogP contribution in [0.15, 0.2) is 29.2 Å². The monoisotopic (exact) mass is 445 g/mol. The second-order valence-corrected chi connectivity index (χ2v) is 8.94. The number of aromatic nitrogens is 1. The number of alkyl halides is 3. The first kappa shape index (κ1) is 22.2. The van der Waals surface area contributed by atoms with Crippen molar-refractivity contribution in [3.63, 3.8) is 0 Å². The van der Waals surface area contributed by atoms with Crippen LogP contribution < -0.4 is 10.1 Å². The quantitative estimate of drug-likeness (QED) is 0.729. The number of amides is 1. The molecule has 2 heterocycles. The maximum atomic E-state index is 13.0. The molecule has 1 aliphatic heterocycles. The molecule has 2 N–H and O–H groups in total. The van der Waals surface area contributed by atoms with E-state index in [1.165, 1.54) is 16.4 Å². The highest BCUT2D eigenvalue weighted by molar-refractivity contribution is 7.89. The van der Waals surface area contributed by atoms with Gasteiger partial charge in [-0.15, -0.1) is 13.2 Å². The Bertz CT molecular complexity index is 1020. The van der Waals surface area contributed by atoms with Gasteiger partial charge >= 0.3 is 6.36 Å². The van der Waals surface area contributed by atoms with Gasteiger partial charge in [-0.1, -0.05) is 6.42 Å². The third-order valence-corrected chi connectivity index (χ3v) is 7.03. The molecule has 0 unspecified atom stereocenters. The lowest BCUT2D eigenvalue weighted by atomic mass is 10.2. The van der Waals surface area contributed by atoms with E-state index >= 15 is 0 Å². The number of piperidine rings is 1. The standard InChI is InChI=1S/C19H22F3N3O4S/c1-12-16(18(26)24-14-6-8-15(9-7-14)29-19(20,21)22)23-13(2)17(12)30(27,28)25-10-4-3-5-11-25/h6-9,23H,3-5,10-11H2,1-2H3,(H,24,26). The van der Waals surface area contributed by atoms with Gasteiger partial charge in [-0.25, -0.2) is 8.42 Å². The van der Waals surface area contributed by atoms with E-state index in [4.69, 9.17) is 0 Å². The summed E-state index contributed by atoms with van der Waals surface area (Å²) in [4.78, 5) is 15.6. The first-order valence-electron chi connectivity index (χ1n) is 9.35. The molecule has 0 aliphatic carbocycles. The van der Waals surface area contributed by atoms with Crippen LogP contribution in [-0.4, -0.2) is 43.1 Å². The van der Waals surface area contributed by atoms with Crippen molar-refractivity contribution in [2.75, 3.05) is 18.4 Å². The Balaban J connectivity index is 1.80. The van der Waals surface area contributed by atoms with Gasteiger partial charge in [-0.05, 0) is 56.5 Å². The number of nitrogens with one attached hydrogen (secondary N) is 2. The van der Waals surface area contributed by atoms with Crippen LogP contribution in [0.25, 0.3) is 0 Å². The molecule has 0 atom stereocenters. The lowest BCUT2D eigenvalue weighted by Crippen LogP contribution is -2.36. The fourth-order valence-corrected chi connectivity index (χ4v) is 5.44. The molecule has 1 aromatic heterocycles. The summed E-state index contributed by atoms with van der Waals surface area (Å²) in [5.74, 6) is -1.01. The van der Waals surface area contributed by atoms with Gasteiger partial charge in [0.15, 0.2) is 0 Å². The van der Waals surface area contributed by atoms with Crippen molar-refractivity contribution in [1.82, 2.24) is 9.29 Å². The Morgan fingerprint density at radius 1 is 1.10 bits per heavy atom. The number of rotatable bonds is 5. The van der Waals surface area contributed by atoms with Crippen LogP contribution in [0.1, 0.15) is 41.0 Å². The van der Waals surface area contributed by atoms with E-state index in [-0.39, 0.29) is 16.3 Å². The molecule has 2 aromatic rings. The number of hydrogen-bond donors (Lipinski definition) is 2. The molecule has 0 bridgehead atoms. The van der Waals surface area contributed by atoms with Crippen LogP contribution in [0, 0.1) is 13.8 Å². The summed E-state index contributed by atoms with van der Waals surface area (Å²) >= 11 is 0. The van der Waals surface area contributed by atoms with E-state index in [0.29, 0.717) is 24.3 Å². The van der Waals surface area contributed by atoms with Crippen molar-refractivity contribution in [2.45, 2.75) is 44.4 Å². The SMILES string of the molecule is Cc1[nH]c(C(=O)Nc2ccc(OC(F)(F)F)cc2)c(C)c1S(=O)(=O)N1CCCCC1. The molecule has 0 radical (unpaired) electrons. The zero-order chi connectivity index (χ0) is 22.1. The molecule has 1 fully saturated rings. The highest BCUT2D eigenvalue weighted by Gasteiger charge is 2.33. The van der Waals surface area contributed by atoms with Crippen molar-refractivity contribution in [3.05, 3.63) is 41.2 Å². The molecule has 0 spiro atoms. The predicted molar refractivity (Wildman–Crippen MR) is 104 cm³/mol. The van der Waals surface area contributed by atoms with Crippen molar-refractivity contribution in [1.29, 1.82) is 0 Å². The molecule has 1 aromatic carbocycles. The van der Waals surface area contributed by atoms with Crippen LogP contribution >= 0.6 is 0 Å². The molecule has 164 valence electrons. The summed E-state index contributed by atoms with van der Waals surface area (Å²) < 4.78 is 68.0. The summed E-state index contributed by atoms with van der Waals surface area (Å²) in [6.45, 7) is 4.03. The van der Waals surface area contributed by atoms with Crippen LogP contribution in [0.2, 0.25) is 0 Å². The Morgan fingerprint density at radius 3 is 2.27 bits per heavy atom. The van der Waals surface area contributed by atoms with Crippen molar-refractivity contribution in [3.8, 4) is 5.75 Å². The van der Waals surface area contributed by atoms with Crippen LogP contribution in [0.3, 0.4) is 0 Å². The molecular formula is C19H22F3N3O4S. The third kappa shape index (κ3) is 4.78. The number of carbonyl (C=O) groups is 1. The second kappa shape index (κ2) is 8.31. The maximum absolute atomic E-state index is 13.0. The second-order valence-electron chi connectivity index (χ2n) is 7.07. The summed E-state index contributed by atoms with van der Waals surface area (Å²) in [6, 6.07) is 4.66. The van der Waals surface area contributed by atoms with E-state index < -0.39 is 28.0 Å².